The van der Waals surface area contributed by atoms with E-state index in [4.69, 9.17) is 14.0 Å². The Kier molecular flexibility index (Phi) is 16.2. The smallest absolute Gasteiger partial charge is 0.374 e. The summed E-state index contributed by atoms with van der Waals surface area (Å²) in [4.78, 5) is 0. The van der Waals surface area contributed by atoms with Crippen LogP contribution >= 0.6 is 37.0 Å². The average Bonchev–Trinajstić information content (AvgIpc) is 2.45. The Labute approximate surface area is 153 Å². The van der Waals surface area contributed by atoms with E-state index in [-0.39, 0.29) is 16.3 Å². The molecular formula is C15H33BO3S3. The molecule has 0 radical (unpaired) electrons. The van der Waals surface area contributed by atoms with E-state index in [1.165, 1.54) is 0 Å². The van der Waals surface area contributed by atoms with Crippen LogP contribution in [0.15, 0.2) is 0 Å². The van der Waals surface area contributed by atoms with Gasteiger partial charge in [-0.3, -0.25) is 0 Å². The van der Waals surface area contributed by atoms with Crippen molar-refractivity contribution in [2.75, 3.05) is 5.75 Å². The Balaban J connectivity index is 4.56. The highest BCUT2D eigenvalue weighted by Gasteiger charge is 2.30. The highest BCUT2D eigenvalue weighted by molar-refractivity contribution is 7.99. The number of hydrogen-bond acceptors (Lipinski definition) is 6. The molecule has 0 aliphatic heterocycles. The molecule has 0 aromatic rings. The first-order valence-electron chi connectivity index (χ1n) is 8.51. The second-order valence-corrected chi connectivity index (χ2v) is 7.69. The molecule has 0 amide bonds. The number of rotatable bonds is 15. The molecule has 0 fully saturated rings. The van der Waals surface area contributed by atoms with Gasteiger partial charge in [0.1, 0.15) is 0 Å². The van der Waals surface area contributed by atoms with E-state index in [1.54, 1.807) is 0 Å². The molecule has 132 valence electrons. The predicted molar refractivity (Wildman–Crippen MR) is 106 cm³/mol. The summed E-state index contributed by atoms with van der Waals surface area (Å²) in [7, 11) is -0.691. The third-order valence-electron chi connectivity index (χ3n) is 2.90. The highest BCUT2D eigenvalue weighted by Crippen LogP contribution is 2.22. The molecule has 22 heavy (non-hydrogen) atoms. The normalized spacial score (nSPS) is 15.5. The van der Waals surface area contributed by atoms with Gasteiger partial charge in [0.05, 0.1) is 16.3 Å². The van der Waals surface area contributed by atoms with Crippen molar-refractivity contribution in [1.29, 1.82) is 0 Å². The number of thioether (sulfide) groups is 1. The van der Waals surface area contributed by atoms with Crippen molar-refractivity contribution in [2.45, 2.75) is 88.9 Å². The Morgan fingerprint density at radius 1 is 0.773 bits per heavy atom. The molecule has 3 nitrogen and oxygen atoms in total. The highest BCUT2D eigenvalue weighted by atomic mass is 32.2. The molecule has 0 aliphatic carbocycles. The van der Waals surface area contributed by atoms with E-state index >= 15 is 0 Å². The van der Waals surface area contributed by atoms with Gasteiger partial charge in [-0.25, -0.2) is 0 Å². The third-order valence-corrected chi connectivity index (χ3v) is 5.03. The van der Waals surface area contributed by atoms with Crippen LogP contribution in [-0.2, 0) is 14.0 Å². The third kappa shape index (κ3) is 12.4. The van der Waals surface area contributed by atoms with E-state index in [0.717, 1.165) is 50.7 Å². The van der Waals surface area contributed by atoms with Crippen LogP contribution in [0.4, 0.5) is 0 Å². The van der Waals surface area contributed by atoms with Crippen LogP contribution in [-0.4, -0.2) is 29.4 Å². The van der Waals surface area contributed by atoms with Gasteiger partial charge in [0.2, 0.25) is 0 Å². The van der Waals surface area contributed by atoms with Crippen LogP contribution in [0.1, 0.15) is 72.6 Å². The van der Waals surface area contributed by atoms with E-state index in [9.17, 15) is 0 Å². The lowest BCUT2D eigenvalue weighted by Gasteiger charge is -2.25. The maximum atomic E-state index is 6.05. The molecule has 0 aliphatic rings. The minimum atomic E-state index is -0.691. The molecule has 0 N–H and O–H groups in total. The summed E-state index contributed by atoms with van der Waals surface area (Å²) < 4.78 is 17.7. The van der Waals surface area contributed by atoms with Gasteiger partial charge in [-0.15, -0.1) is 37.0 Å². The van der Waals surface area contributed by atoms with Crippen LogP contribution < -0.4 is 0 Å². The van der Waals surface area contributed by atoms with Gasteiger partial charge in [0.15, 0.2) is 0 Å². The second-order valence-electron chi connectivity index (χ2n) is 5.27. The molecule has 7 heteroatoms. The zero-order valence-corrected chi connectivity index (χ0v) is 17.1. The van der Waals surface area contributed by atoms with Gasteiger partial charge in [0, 0.05) is 0 Å². The maximum absolute atomic E-state index is 6.05. The van der Waals surface area contributed by atoms with Gasteiger partial charge >= 0.3 is 7.32 Å². The van der Waals surface area contributed by atoms with Gasteiger partial charge in [-0.1, -0.05) is 47.0 Å². The van der Waals surface area contributed by atoms with Crippen LogP contribution in [0, 0.1) is 0 Å². The van der Waals surface area contributed by atoms with Crippen LogP contribution in [0.2, 0.25) is 0 Å². The molecule has 0 spiro atoms. The van der Waals surface area contributed by atoms with Crippen molar-refractivity contribution in [1.82, 2.24) is 0 Å². The number of hydrogen-bond donors (Lipinski definition) is 2. The lowest BCUT2D eigenvalue weighted by molar-refractivity contribution is 0.0640. The molecule has 0 aromatic heterocycles. The Hall–Kier alpha value is 0.995. The molecule has 0 saturated heterocycles. The van der Waals surface area contributed by atoms with Crippen LogP contribution in [0.5, 0.6) is 0 Å². The van der Waals surface area contributed by atoms with Crippen molar-refractivity contribution in [2.24, 2.45) is 0 Å². The van der Waals surface area contributed by atoms with Crippen molar-refractivity contribution < 1.29 is 14.0 Å². The van der Waals surface area contributed by atoms with E-state index in [2.05, 4.69) is 53.0 Å². The Morgan fingerprint density at radius 3 is 1.68 bits per heavy atom. The van der Waals surface area contributed by atoms with E-state index in [0.29, 0.717) is 0 Å². The van der Waals surface area contributed by atoms with Gasteiger partial charge in [-0.2, -0.15) is 0 Å². The largest absolute Gasteiger partial charge is 0.641 e. The molecule has 3 unspecified atom stereocenters. The second kappa shape index (κ2) is 15.5. The summed E-state index contributed by atoms with van der Waals surface area (Å²) in [6.07, 6.45) is 6.98. The van der Waals surface area contributed by atoms with Crippen LogP contribution in [0.25, 0.3) is 0 Å². The number of thiol groups is 2. The minimum Gasteiger partial charge on any atom is -0.374 e. The van der Waals surface area contributed by atoms with E-state index in [1.807, 2.05) is 11.8 Å². The minimum absolute atomic E-state index is 0.0965. The SMILES string of the molecule is CCCSC(CCC)OB(OC(S)CCC)OC(S)CCC. The molecule has 0 bridgehead atoms. The molecule has 0 aromatic carbocycles. The molecular weight excluding hydrogens is 335 g/mol. The molecule has 3 atom stereocenters. The summed E-state index contributed by atoms with van der Waals surface area (Å²) in [6.45, 7) is 8.56. The quantitative estimate of drug-likeness (QED) is 0.230. The van der Waals surface area contributed by atoms with Gasteiger partial charge < -0.3 is 14.0 Å². The monoisotopic (exact) mass is 368 g/mol. The van der Waals surface area contributed by atoms with Crippen molar-refractivity contribution in [3.63, 3.8) is 0 Å². The topological polar surface area (TPSA) is 27.7 Å². The fourth-order valence-corrected chi connectivity index (χ4v) is 3.57. The summed E-state index contributed by atoms with van der Waals surface area (Å²) in [5.41, 5.74) is -0.245. The lowest BCUT2D eigenvalue weighted by Crippen LogP contribution is -2.36. The fraction of sp³-hybridized carbons (Fsp3) is 1.00. The molecule has 0 heterocycles. The first kappa shape index (κ1) is 23.0. The Morgan fingerprint density at radius 2 is 1.27 bits per heavy atom. The van der Waals surface area contributed by atoms with Gasteiger partial charge in [-0.05, 0) is 31.4 Å². The summed E-state index contributed by atoms with van der Waals surface area (Å²) in [6, 6.07) is 0. The summed E-state index contributed by atoms with van der Waals surface area (Å²) in [5.74, 6) is 1.08. The summed E-state index contributed by atoms with van der Waals surface area (Å²) >= 11 is 10.7. The first-order valence-corrected chi connectivity index (χ1v) is 10.6. The van der Waals surface area contributed by atoms with Crippen molar-refractivity contribution >= 4 is 44.3 Å². The zero-order valence-electron chi connectivity index (χ0n) is 14.5. The van der Waals surface area contributed by atoms with Crippen molar-refractivity contribution in [3.05, 3.63) is 0 Å². The summed E-state index contributed by atoms with van der Waals surface area (Å²) in [5, 5.41) is 0. The first-order chi connectivity index (χ1) is 10.6. The van der Waals surface area contributed by atoms with Crippen LogP contribution in [0.3, 0.4) is 0 Å². The average molecular weight is 368 g/mol. The fourth-order valence-electron chi connectivity index (χ4n) is 1.78. The maximum Gasteiger partial charge on any atom is 0.641 e. The lowest BCUT2D eigenvalue weighted by atomic mass is 10.2. The standard InChI is InChI=1S/C15H33BO3S3/c1-5-9-13(20)17-16(18-14(21)10-6-2)19-15(11-7-3)22-12-8-4/h13-15,20-21H,5-12H2,1-4H3. The van der Waals surface area contributed by atoms with Gasteiger partial charge in [0.25, 0.3) is 0 Å². The van der Waals surface area contributed by atoms with Crippen molar-refractivity contribution in [3.8, 4) is 0 Å². The predicted octanol–water partition coefficient (Wildman–Crippen LogP) is 5.40. The van der Waals surface area contributed by atoms with E-state index < -0.39 is 7.32 Å². The zero-order chi connectivity index (χ0) is 16.8. The Bertz CT molecular complexity index is 236. The molecule has 0 saturated carbocycles. The molecule has 0 rings (SSSR count).